The number of thiophene rings is 1. The van der Waals surface area contributed by atoms with Crippen molar-refractivity contribution in [3.63, 3.8) is 0 Å². The summed E-state index contributed by atoms with van der Waals surface area (Å²) in [6.45, 7) is 4.62. The fraction of sp³-hybridized carbons (Fsp3) is 0.421. The van der Waals surface area contributed by atoms with E-state index >= 15 is 0 Å². The van der Waals surface area contributed by atoms with Crippen LogP contribution >= 0.6 is 11.3 Å². The smallest absolute Gasteiger partial charge is 0.252 e. The average molecular weight is 406 g/mol. The molecule has 2 aromatic rings. The van der Waals surface area contributed by atoms with E-state index in [1.807, 2.05) is 24.3 Å². The van der Waals surface area contributed by atoms with Crippen LogP contribution in [0.4, 0.5) is 5.69 Å². The zero-order valence-electron chi connectivity index (χ0n) is 15.4. The van der Waals surface area contributed by atoms with Crippen molar-refractivity contribution in [2.75, 3.05) is 24.5 Å². The first kappa shape index (κ1) is 19.8. The Balaban J connectivity index is 1.82. The molecule has 1 N–H and O–H groups in total. The highest BCUT2D eigenvalue weighted by Crippen LogP contribution is 2.29. The molecule has 2 heterocycles. The van der Waals surface area contributed by atoms with Crippen molar-refractivity contribution in [2.45, 2.75) is 36.1 Å². The van der Waals surface area contributed by atoms with Crippen LogP contribution in [0.1, 0.15) is 25.8 Å². The molecular weight excluding hydrogens is 382 g/mol. The first-order chi connectivity index (χ1) is 12.7. The van der Waals surface area contributed by atoms with Crippen LogP contribution in [-0.2, 0) is 15.6 Å². The second-order valence-electron chi connectivity index (χ2n) is 7.11. The van der Waals surface area contributed by atoms with Crippen molar-refractivity contribution in [3.8, 4) is 6.07 Å². The summed E-state index contributed by atoms with van der Waals surface area (Å²) in [5.74, 6) is 0. The first-order valence-corrected chi connectivity index (χ1v) is 11.1. The van der Waals surface area contributed by atoms with Crippen molar-refractivity contribution in [1.82, 2.24) is 4.31 Å². The number of anilines is 1. The van der Waals surface area contributed by atoms with Crippen LogP contribution in [0.3, 0.4) is 0 Å². The van der Waals surface area contributed by atoms with Gasteiger partial charge >= 0.3 is 0 Å². The van der Waals surface area contributed by atoms with Crippen LogP contribution < -0.4 is 4.90 Å². The van der Waals surface area contributed by atoms with Crippen molar-refractivity contribution in [3.05, 3.63) is 47.3 Å². The fourth-order valence-corrected chi connectivity index (χ4v) is 5.88. The molecule has 1 atom stereocenters. The minimum absolute atomic E-state index is 0.216. The van der Waals surface area contributed by atoms with Gasteiger partial charge in [-0.2, -0.15) is 9.57 Å². The summed E-state index contributed by atoms with van der Waals surface area (Å²) in [5.41, 5.74) is 0.816. The molecule has 1 fully saturated rings. The van der Waals surface area contributed by atoms with Gasteiger partial charge in [-0.15, -0.1) is 11.3 Å². The van der Waals surface area contributed by atoms with E-state index in [0.29, 0.717) is 17.3 Å². The Kier molecular flexibility index (Phi) is 5.58. The highest BCUT2D eigenvalue weighted by molar-refractivity contribution is 7.91. The van der Waals surface area contributed by atoms with Crippen LogP contribution in [0.15, 0.2) is 46.0 Å². The maximum absolute atomic E-state index is 12.8. The Labute approximate surface area is 164 Å². The number of nitriles is 1. The van der Waals surface area contributed by atoms with Gasteiger partial charge in [0.15, 0.2) is 0 Å². The van der Waals surface area contributed by atoms with Crippen molar-refractivity contribution >= 4 is 27.0 Å². The molecule has 3 rings (SSSR count). The number of piperazine rings is 1. The lowest BCUT2D eigenvalue weighted by atomic mass is 9.98. The highest BCUT2D eigenvalue weighted by atomic mass is 32.2. The van der Waals surface area contributed by atoms with Gasteiger partial charge in [0.1, 0.15) is 4.21 Å². The van der Waals surface area contributed by atoms with E-state index in [2.05, 4.69) is 11.0 Å². The zero-order valence-corrected chi connectivity index (χ0v) is 17.0. The summed E-state index contributed by atoms with van der Waals surface area (Å²) < 4.78 is 27.4. The quantitative estimate of drug-likeness (QED) is 0.827. The SMILES string of the molecule is CC(C)(O)c1ccc(N2CCN(S(=O)(=O)c3cccs3)C[C@@H]2CC#N)cc1. The first-order valence-electron chi connectivity index (χ1n) is 8.73. The molecule has 0 aliphatic carbocycles. The van der Waals surface area contributed by atoms with Crippen molar-refractivity contribution in [1.29, 1.82) is 5.26 Å². The molecule has 27 heavy (non-hydrogen) atoms. The van der Waals surface area contributed by atoms with Gasteiger partial charge in [0.05, 0.1) is 24.1 Å². The van der Waals surface area contributed by atoms with Crippen LogP contribution in [0.2, 0.25) is 0 Å². The maximum atomic E-state index is 12.8. The van der Waals surface area contributed by atoms with Crippen LogP contribution in [0.5, 0.6) is 0 Å². The van der Waals surface area contributed by atoms with E-state index in [-0.39, 0.29) is 19.0 Å². The van der Waals surface area contributed by atoms with Gasteiger partial charge in [-0.25, -0.2) is 8.42 Å². The maximum Gasteiger partial charge on any atom is 0.252 e. The normalized spacial score (nSPS) is 19.0. The molecule has 1 saturated heterocycles. The number of sulfonamides is 1. The summed E-state index contributed by atoms with van der Waals surface area (Å²) in [4.78, 5) is 2.08. The molecule has 8 heteroatoms. The summed E-state index contributed by atoms with van der Waals surface area (Å²) in [5, 5.41) is 21.1. The molecular formula is C19H23N3O3S2. The molecule has 0 saturated carbocycles. The second kappa shape index (κ2) is 7.60. The number of aliphatic hydroxyl groups is 1. The number of hydrogen-bond acceptors (Lipinski definition) is 6. The van der Waals surface area contributed by atoms with Gasteiger partial charge in [0.2, 0.25) is 0 Å². The van der Waals surface area contributed by atoms with Gasteiger partial charge in [-0.1, -0.05) is 18.2 Å². The van der Waals surface area contributed by atoms with Crippen LogP contribution in [0, 0.1) is 11.3 Å². The molecule has 1 aliphatic rings. The van der Waals surface area contributed by atoms with Crippen LogP contribution in [0.25, 0.3) is 0 Å². The lowest BCUT2D eigenvalue weighted by Gasteiger charge is -2.41. The third kappa shape index (κ3) is 4.17. The Morgan fingerprint density at radius 2 is 1.96 bits per heavy atom. The lowest BCUT2D eigenvalue weighted by molar-refractivity contribution is 0.0786. The van der Waals surface area contributed by atoms with Gasteiger partial charge in [-0.05, 0) is 43.0 Å². The zero-order chi connectivity index (χ0) is 19.7. The number of nitrogens with zero attached hydrogens (tertiary/aromatic N) is 3. The minimum atomic E-state index is -3.52. The van der Waals surface area contributed by atoms with Gasteiger partial charge in [0.25, 0.3) is 10.0 Å². The predicted octanol–water partition coefficient (Wildman–Crippen LogP) is 2.77. The molecule has 1 aromatic carbocycles. The molecule has 1 aliphatic heterocycles. The number of rotatable bonds is 5. The van der Waals surface area contributed by atoms with Crippen LogP contribution in [-0.4, -0.2) is 43.5 Å². The third-order valence-electron chi connectivity index (χ3n) is 4.77. The molecule has 6 nitrogen and oxygen atoms in total. The highest BCUT2D eigenvalue weighted by Gasteiger charge is 2.34. The van der Waals surface area contributed by atoms with E-state index in [1.165, 1.54) is 15.6 Å². The fourth-order valence-electron chi connectivity index (χ4n) is 3.26. The van der Waals surface area contributed by atoms with Crippen molar-refractivity contribution in [2.24, 2.45) is 0 Å². The molecule has 1 aromatic heterocycles. The molecule has 0 bridgehead atoms. The largest absolute Gasteiger partial charge is 0.386 e. The summed E-state index contributed by atoms with van der Waals surface area (Å²) in [6, 6.07) is 12.9. The molecule has 0 amide bonds. The van der Waals surface area contributed by atoms with E-state index in [9.17, 15) is 18.8 Å². The van der Waals surface area contributed by atoms with Crippen molar-refractivity contribution < 1.29 is 13.5 Å². The summed E-state index contributed by atoms with van der Waals surface area (Å²) in [7, 11) is -3.52. The Bertz CT molecular complexity index is 911. The van der Waals surface area contributed by atoms with E-state index in [0.717, 1.165) is 11.3 Å². The Morgan fingerprint density at radius 3 is 2.52 bits per heavy atom. The standard InChI is InChI=1S/C19H23N3O3S2/c1-19(2,23)15-5-7-16(8-6-15)22-12-11-21(14-17(22)9-10-20)27(24,25)18-4-3-13-26-18/h3-8,13,17,23H,9,11-12,14H2,1-2H3/t17-/m0/s1. The molecule has 0 unspecified atom stereocenters. The summed E-state index contributed by atoms with van der Waals surface area (Å²) in [6.07, 6.45) is 0.240. The summed E-state index contributed by atoms with van der Waals surface area (Å²) >= 11 is 1.21. The lowest BCUT2D eigenvalue weighted by Crippen LogP contribution is -2.54. The average Bonchev–Trinajstić information content (AvgIpc) is 3.17. The van der Waals surface area contributed by atoms with Gasteiger partial charge in [-0.3, -0.25) is 0 Å². The Hall–Kier alpha value is -1.92. The second-order valence-corrected chi connectivity index (χ2v) is 10.2. The molecule has 0 radical (unpaired) electrons. The monoisotopic (exact) mass is 405 g/mol. The van der Waals surface area contributed by atoms with Gasteiger partial charge < -0.3 is 10.0 Å². The molecule has 144 valence electrons. The predicted molar refractivity (Wildman–Crippen MR) is 106 cm³/mol. The van der Waals surface area contributed by atoms with Gasteiger partial charge in [0, 0.05) is 25.3 Å². The topological polar surface area (TPSA) is 84.6 Å². The molecule has 0 spiro atoms. The third-order valence-corrected chi connectivity index (χ3v) is 8.01. The minimum Gasteiger partial charge on any atom is -0.386 e. The van der Waals surface area contributed by atoms with E-state index in [1.54, 1.807) is 31.4 Å². The number of benzene rings is 1. The van der Waals surface area contributed by atoms with E-state index < -0.39 is 15.6 Å². The van der Waals surface area contributed by atoms with E-state index in [4.69, 9.17) is 0 Å². The number of hydrogen-bond donors (Lipinski definition) is 1. The Morgan fingerprint density at radius 1 is 1.26 bits per heavy atom.